The second kappa shape index (κ2) is 6.02. The van der Waals surface area contributed by atoms with Crippen LogP contribution in [-0.2, 0) is 5.54 Å². The van der Waals surface area contributed by atoms with Gasteiger partial charge in [-0.3, -0.25) is 0 Å². The third-order valence-electron chi connectivity index (χ3n) is 3.19. The molecule has 0 aliphatic rings. The van der Waals surface area contributed by atoms with Gasteiger partial charge in [0, 0.05) is 6.07 Å². The topological polar surface area (TPSA) is 83.2 Å². The van der Waals surface area contributed by atoms with Gasteiger partial charge in [-0.15, -0.1) is 0 Å². The molecule has 1 heterocycles. The fraction of sp³-hybridized carbons (Fsp3) is 0.214. The molecule has 0 saturated heterocycles. The van der Waals surface area contributed by atoms with Crippen molar-refractivity contribution in [3.05, 3.63) is 53.6 Å². The monoisotopic (exact) mass is 294 g/mol. The van der Waals surface area contributed by atoms with Crippen LogP contribution in [0.3, 0.4) is 0 Å². The number of benzene rings is 1. The highest BCUT2D eigenvalue weighted by Gasteiger charge is 2.27. The zero-order chi connectivity index (χ0) is 15.5. The van der Waals surface area contributed by atoms with Crippen molar-refractivity contribution in [1.29, 1.82) is 0 Å². The van der Waals surface area contributed by atoms with E-state index in [-0.39, 0.29) is 18.2 Å². The van der Waals surface area contributed by atoms with Gasteiger partial charge in [-0.05, 0) is 12.5 Å². The summed E-state index contributed by atoms with van der Waals surface area (Å²) in [6.45, 7) is 1.38. The number of nitrogens with zero attached hydrogens (tertiary/aromatic N) is 1. The van der Waals surface area contributed by atoms with E-state index in [0.29, 0.717) is 6.07 Å². The Balaban J connectivity index is 2.39. The van der Waals surface area contributed by atoms with Crippen LogP contribution < -0.4 is 16.6 Å². The van der Waals surface area contributed by atoms with E-state index in [1.165, 1.54) is 0 Å². The van der Waals surface area contributed by atoms with Crippen LogP contribution in [0.1, 0.15) is 12.5 Å². The van der Waals surface area contributed by atoms with Crippen molar-refractivity contribution in [2.45, 2.75) is 12.5 Å². The van der Waals surface area contributed by atoms with Gasteiger partial charge < -0.3 is 15.8 Å². The Bertz CT molecular complexity index is 624. The molecule has 1 aromatic heterocycles. The zero-order valence-electron chi connectivity index (χ0n) is 11.4. The normalized spacial score (nSPS) is 13.6. The summed E-state index contributed by atoms with van der Waals surface area (Å²) < 4.78 is 27.2. The standard InChI is InChI=1S/C14H16F2N4O/c1-14(8-21,9-5-3-2-4-6-9)19-12-10(15)7-11(16)13(18-12)20-17/h2-7,21H,8,17H2,1H3,(H2,18,19,20). The van der Waals surface area contributed by atoms with E-state index in [2.05, 4.69) is 15.7 Å². The van der Waals surface area contributed by atoms with Gasteiger partial charge in [-0.25, -0.2) is 19.6 Å². The molecular formula is C14H16F2N4O. The SMILES string of the molecule is CC(CO)(Nc1nc(NN)c(F)cc1F)c1ccccc1. The first-order valence-electron chi connectivity index (χ1n) is 6.27. The Morgan fingerprint density at radius 2 is 1.81 bits per heavy atom. The van der Waals surface area contributed by atoms with Gasteiger partial charge in [-0.2, -0.15) is 0 Å². The third-order valence-corrected chi connectivity index (χ3v) is 3.19. The van der Waals surface area contributed by atoms with E-state index in [1.54, 1.807) is 31.2 Å². The minimum Gasteiger partial charge on any atom is -0.394 e. The average Bonchev–Trinajstić information content (AvgIpc) is 2.50. The molecule has 5 N–H and O–H groups in total. The first kappa shape index (κ1) is 15.1. The molecule has 0 amide bonds. The van der Waals surface area contributed by atoms with E-state index in [0.717, 1.165) is 5.56 Å². The highest BCUT2D eigenvalue weighted by Crippen LogP contribution is 2.27. The fourth-order valence-electron chi connectivity index (χ4n) is 1.93. The van der Waals surface area contributed by atoms with Gasteiger partial charge in [0.2, 0.25) is 0 Å². The highest BCUT2D eigenvalue weighted by molar-refractivity contribution is 5.49. The van der Waals surface area contributed by atoms with Crippen LogP contribution >= 0.6 is 0 Å². The highest BCUT2D eigenvalue weighted by atomic mass is 19.1. The van der Waals surface area contributed by atoms with Crippen LogP contribution in [0.5, 0.6) is 0 Å². The van der Waals surface area contributed by atoms with Gasteiger partial charge >= 0.3 is 0 Å². The van der Waals surface area contributed by atoms with Crippen molar-refractivity contribution in [2.75, 3.05) is 17.3 Å². The van der Waals surface area contributed by atoms with Gasteiger partial charge in [-0.1, -0.05) is 30.3 Å². The lowest BCUT2D eigenvalue weighted by molar-refractivity contribution is 0.223. The summed E-state index contributed by atoms with van der Waals surface area (Å²) in [7, 11) is 0. The molecule has 1 aromatic carbocycles. The van der Waals surface area contributed by atoms with Crippen molar-refractivity contribution in [2.24, 2.45) is 5.84 Å². The second-order valence-electron chi connectivity index (χ2n) is 4.77. The van der Waals surface area contributed by atoms with Crippen molar-refractivity contribution in [3.63, 3.8) is 0 Å². The molecule has 2 aromatic rings. The number of nitrogen functional groups attached to an aromatic ring is 1. The van der Waals surface area contributed by atoms with E-state index in [4.69, 9.17) is 5.84 Å². The molecule has 0 aliphatic heterocycles. The predicted octanol–water partition coefficient (Wildman–Crippen LogP) is 1.96. The number of anilines is 2. The Morgan fingerprint density at radius 3 is 2.38 bits per heavy atom. The minimum absolute atomic E-state index is 0.204. The van der Waals surface area contributed by atoms with E-state index in [1.807, 2.05) is 6.07 Å². The van der Waals surface area contributed by atoms with E-state index < -0.39 is 17.2 Å². The number of nitrogens with two attached hydrogens (primary N) is 1. The number of aliphatic hydroxyl groups excluding tert-OH is 1. The summed E-state index contributed by atoms with van der Waals surface area (Å²) in [5.74, 6) is 2.87. The number of hydrogen-bond donors (Lipinski definition) is 4. The van der Waals surface area contributed by atoms with Gasteiger partial charge in [0.05, 0.1) is 12.1 Å². The minimum atomic E-state index is -0.973. The quantitative estimate of drug-likeness (QED) is 0.500. The lowest BCUT2D eigenvalue weighted by atomic mass is 9.93. The van der Waals surface area contributed by atoms with Crippen molar-refractivity contribution < 1.29 is 13.9 Å². The van der Waals surface area contributed by atoms with E-state index >= 15 is 0 Å². The molecule has 7 heteroatoms. The molecular weight excluding hydrogens is 278 g/mol. The number of hydrogen-bond acceptors (Lipinski definition) is 5. The zero-order valence-corrected chi connectivity index (χ0v) is 11.4. The lowest BCUT2D eigenvalue weighted by Crippen LogP contribution is -2.36. The van der Waals surface area contributed by atoms with Crippen molar-refractivity contribution >= 4 is 11.6 Å². The Morgan fingerprint density at radius 1 is 1.19 bits per heavy atom. The molecule has 2 rings (SSSR count). The summed E-state index contributed by atoms with van der Waals surface area (Å²) >= 11 is 0. The summed E-state index contributed by atoms with van der Waals surface area (Å²) in [5, 5.41) is 12.4. The number of nitrogens with one attached hydrogen (secondary N) is 2. The maximum absolute atomic E-state index is 13.8. The second-order valence-corrected chi connectivity index (χ2v) is 4.77. The smallest absolute Gasteiger partial charge is 0.178 e. The average molecular weight is 294 g/mol. The molecule has 5 nitrogen and oxygen atoms in total. The Labute approximate surface area is 120 Å². The maximum Gasteiger partial charge on any atom is 0.178 e. The van der Waals surface area contributed by atoms with Crippen molar-refractivity contribution in [3.8, 4) is 0 Å². The molecule has 0 spiro atoms. The molecule has 0 fully saturated rings. The maximum atomic E-state index is 13.8. The van der Waals surface area contributed by atoms with Gasteiger partial charge in [0.15, 0.2) is 23.3 Å². The summed E-state index contributed by atoms with van der Waals surface area (Å²) in [6.07, 6.45) is 0. The fourth-order valence-corrected chi connectivity index (χ4v) is 1.93. The summed E-state index contributed by atoms with van der Waals surface area (Å²) in [6, 6.07) is 9.67. The predicted molar refractivity (Wildman–Crippen MR) is 76.5 cm³/mol. The van der Waals surface area contributed by atoms with Crippen LogP contribution in [0.15, 0.2) is 36.4 Å². The number of halogens is 2. The molecule has 0 aliphatic carbocycles. The van der Waals surface area contributed by atoms with Gasteiger partial charge in [0.25, 0.3) is 0 Å². The number of aliphatic hydroxyl groups is 1. The van der Waals surface area contributed by atoms with Crippen molar-refractivity contribution in [1.82, 2.24) is 4.98 Å². The van der Waals surface area contributed by atoms with Crippen LogP contribution in [0.4, 0.5) is 20.4 Å². The molecule has 0 radical (unpaired) electrons. The number of rotatable bonds is 5. The van der Waals surface area contributed by atoms with Crippen LogP contribution in [0.25, 0.3) is 0 Å². The van der Waals surface area contributed by atoms with Crippen LogP contribution in [-0.4, -0.2) is 16.7 Å². The Hall–Kier alpha value is -2.25. The number of aromatic nitrogens is 1. The summed E-state index contributed by atoms with van der Waals surface area (Å²) in [5.41, 5.74) is 1.81. The van der Waals surface area contributed by atoms with Crippen LogP contribution in [0.2, 0.25) is 0 Å². The van der Waals surface area contributed by atoms with Gasteiger partial charge in [0.1, 0.15) is 0 Å². The molecule has 112 valence electrons. The molecule has 0 saturated carbocycles. The molecule has 1 unspecified atom stereocenters. The molecule has 21 heavy (non-hydrogen) atoms. The summed E-state index contributed by atoms with van der Waals surface area (Å²) in [4.78, 5) is 3.74. The Kier molecular flexibility index (Phi) is 4.35. The third kappa shape index (κ3) is 3.09. The van der Waals surface area contributed by atoms with E-state index in [9.17, 15) is 13.9 Å². The first-order valence-corrected chi connectivity index (χ1v) is 6.27. The molecule has 0 bridgehead atoms. The molecule has 1 atom stereocenters. The number of pyridine rings is 1. The first-order chi connectivity index (χ1) is 10.00. The lowest BCUT2D eigenvalue weighted by Gasteiger charge is -2.30. The largest absolute Gasteiger partial charge is 0.394 e. The number of hydrazine groups is 1. The van der Waals surface area contributed by atoms with Crippen LogP contribution in [0, 0.1) is 11.6 Å².